The standard InChI is InChI=1S/C24H19N3O5/c1-14-7-8-27-12-18(25-22(27)9-14)24(29)31-13-23(28)26-17-11-20-16(10-21(17)30-2)15-5-3-4-6-19(15)32-20/h3-12H,13H2,1-2H3,(H,26,28). The van der Waals surface area contributed by atoms with Crippen LogP contribution in [-0.2, 0) is 9.53 Å². The molecule has 0 saturated carbocycles. The Morgan fingerprint density at radius 2 is 1.94 bits per heavy atom. The number of imidazole rings is 1. The molecule has 5 rings (SSSR count). The lowest BCUT2D eigenvalue weighted by molar-refractivity contribution is -0.119. The number of esters is 1. The van der Waals surface area contributed by atoms with Crippen LogP contribution in [-0.4, -0.2) is 35.0 Å². The zero-order valence-corrected chi connectivity index (χ0v) is 17.4. The highest BCUT2D eigenvalue weighted by molar-refractivity contribution is 6.08. The number of amides is 1. The summed E-state index contributed by atoms with van der Waals surface area (Å²) in [6.07, 6.45) is 3.37. The number of methoxy groups -OCH3 is 1. The molecule has 1 amide bonds. The van der Waals surface area contributed by atoms with E-state index >= 15 is 0 Å². The van der Waals surface area contributed by atoms with E-state index in [9.17, 15) is 9.59 Å². The van der Waals surface area contributed by atoms with Gasteiger partial charge in [0, 0.05) is 29.2 Å². The number of carbonyl (C=O) groups is 2. The summed E-state index contributed by atoms with van der Waals surface area (Å²) in [7, 11) is 1.52. The second-order valence-electron chi connectivity index (χ2n) is 7.37. The Morgan fingerprint density at radius 3 is 2.78 bits per heavy atom. The fraction of sp³-hybridized carbons (Fsp3) is 0.125. The van der Waals surface area contributed by atoms with Crippen molar-refractivity contribution in [2.24, 2.45) is 0 Å². The molecule has 0 radical (unpaired) electrons. The van der Waals surface area contributed by atoms with E-state index in [0.29, 0.717) is 22.7 Å². The van der Waals surface area contributed by atoms with Gasteiger partial charge in [0.2, 0.25) is 0 Å². The van der Waals surface area contributed by atoms with Crippen LogP contribution in [0.4, 0.5) is 5.69 Å². The molecule has 32 heavy (non-hydrogen) atoms. The molecular weight excluding hydrogens is 410 g/mol. The lowest BCUT2D eigenvalue weighted by atomic mass is 10.1. The molecular formula is C24H19N3O5. The number of ether oxygens (including phenoxy) is 2. The van der Waals surface area contributed by atoms with Crippen molar-refractivity contribution in [3.05, 3.63) is 72.2 Å². The predicted molar refractivity (Wildman–Crippen MR) is 119 cm³/mol. The van der Waals surface area contributed by atoms with Crippen molar-refractivity contribution in [1.82, 2.24) is 9.38 Å². The number of pyridine rings is 1. The number of hydrogen-bond donors (Lipinski definition) is 1. The normalized spacial score (nSPS) is 11.2. The third kappa shape index (κ3) is 3.51. The number of benzene rings is 2. The number of nitrogens with one attached hydrogen (secondary N) is 1. The second kappa shape index (κ2) is 7.73. The maximum absolute atomic E-state index is 12.4. The number of rotatable bonds is 5. The first-order valence-corrected chi connectivity index (χ1v) is 9.93. The van der Waals surface area contributed by atoms with E-state index in [4.69, 9.17) is 13.9 Å². The Balaban J connectivity index is 1.31. The highest BCUT2D eigenvalue weighted by Gasteiger charge is 2.17. The first kappa shape index (κ1) is 19.6. The minimum absolute atomic E-state index is 0.129. The zero-order chi connectivity index (χ0) is 22.2. The number of hydrogen-bond acceptors (Lipinski definition) is 6. The van der Waals surface area contributed by atoms with E-state index in [2.05, 4.69) is 10.3 Å². The van der Waals surface area contributed by atoms with E-state index in [1.54, 1.807) is 22.7 Å². The minimum atomic E-state index is -0.679. The van der Waals surface area contributed by atoms with Crippen LogP contribution < -0.4 is 10.1 Å². The maximum atomic E-state index is 12.4. The predicted octanol–water partition coefficient (Wildman–Crippen LogP) is 4.35. The fourth-order valence-electron chi connectivity index (χ4n) is 3.59. The topological polar surface area (TPSA) is 95.1 Å². The van der Waals surface area contributed by atoms with E-state index < -0.39 is 18.5 Å². The summed E-state index contributed by atoms with van der Waals surface area (Å²) >= 11 is 0. The van der Waals surface area contributed by atoms with Crippen molar-refractivity contribution in [2.75, 3.05) is 19.0 Å². The summed E-state index contributed by atoms with van der Waals surface area (Å²) in [5.41, 5.74) is 3.56. The van der Waals surface area contributed by atoms with Crippen LogP contribution in [0.3, 0.4) is 0 Å². The van der Waals surface area contributed by atoms with Crippen LogP contribution in [0.2, 0.25) is 0 Å². The molecule has 0 unspecified atom stereocenters. The number of aryl methyl sites for hydroxylation is 1. The molecule has 8 nitrogen and oxygen atoms in total. The van der Waals surface area contributed by atoms with Gasteiger partial charge in [0.25, 0.3) is 5.91 Å². The molecule has 0 saturated heterocycles. The lowest BCUT2D eigenvalue weighted by Crippen LogP contribution is -2.21. The minimum Gasteiger partial charge on any atom is -0.495 e. The molecule has 8 heteroatoms. The number of fused-ring (bicyclic) bond motifs is 4. The summed E-state index contributed by atoms with van der Waals surface area (Å²) in [6.45, 7) is 1.47. The molecule has 2 aromatic carbocycles. The Morgan fingerprint density at radius 1 is 1.09 bits per heavy atom. The van der Waals surface area contributed by atoms with Gasteiger partial charge >= 0.3 is 5.97 Å². The second-order valence-corrected chi connectivity index (χ2v) is 7.37. The van der Waals surface area contributed by atoms with Crippen molar-refractivity contribution in [1.29, 1.82) is 0 Å². The van der Waals surface area contributed by atoms with E-state index in [1.807, 2.05) is 49.5 Å². The van der Waals surface area contributed by atoms with E-state index in [-0.39, 0.29) is 5.69 Å². The third-order valence-corrected chi connectivity index (χ3v) is 5.13. The van der Waals surface area contributed by atoms with Crippen molar-refractivity contribution in [3.8, 4) is 5.75 Å². The van der Waals surface area contributed by atoms with E-state index in [1.165, 1.54) is 7.11 Å². The fourth-order valence-corrected chi connectivity index (χ4v) is 3.59. The number of anilines is 1. The average Bonchev–Trinajstić information content (AvgIpc) is 3.37. The van der Waals surface area contributed by atoms with Crippen molar-refractivity contribution in [3.63, 3.8) is 0 Å². The highest BCUT2D eigenvalue weighted by Crippen LogP contribution is 2.36. The van der Waals surface area contributed by atoms with Gasteiger partial charge in [-0.1, -0.05) is 18.2 Å². The SMILES string of the molecule is COc1cc2c(cc1NC(=O)COC(=O)c1cn3ccc(C)cc3n1)oc1ccccc12. The van der Waals surface area contributed by atoms with Gasteiger partial charge in [-0.25, -0.2) is 9.78 Å². The number of para-hydroxylation sites is 1. The van der Waals surface area contributed by atoms with Gasteiger partial charge in [0.15, 0.2) is 12.3 Å². The molecule has 1 N–H and O–H groups in total. The Labute approximate surface area is 182 Å². The van der Waals surface area contributed by atoms with Gasteiger partial charge in [-0.05, 0) is 36.8 Å². The van der Waals surface area contributed by atoms with Crippen molar-refractivity contribution in [2.45, 2.75) is 6.92 Å². The van der Waals surface area contributed by atoms with Gasteiger partial charge in [-0.2, -0.15) is 0 Å². The summed E-state index contributed by atoms with van der Waals surface area (Å²) < 4.78 is 18.2. The number of carbonyl (C=O) groups excluding carboxylic acids is 2. The zero-order valence-electron chi connectivity index (χ0n) is 17.4. The number of aromatic nitrogens is 2. The summed E-state index contributed by atoms with van der Waals surface area (Å²) in [5, 5.41) is 4.54. The monoisotopic (exact) mass is 429 g/mol. The molecule has 0 atom stereocenters. The first-order chi connectivity index (χ1) is 15.5. The van der Waals surface area contributed by atoms with Crippen LogP contribution in [0.5, 0.6) is 5.75 Å². The van der Waals surface area contributed by atoms with Crippen LogP contribution in [0.15, 0.2) is 65.3 Å². The molecule has 3 heterocycles. The number of nitrogens with zero attached hydrogens (tertiary/aromatic N) is 2. The van der Waals surface area contributed by atoms with Crippen LogP contribution in [0.1, 0.15) is 16.1 Å². The van der Waals surface area contributed by atoms with Gasteiger partial charge in [-0.15, -0.1) is 0 Å². The van der Waals surface area contributed by atoms with Crippen LogP contribution in [0, 0.1) is 6.92 Å². The van der Waals surface area contributed by atoms with Gasteiger partial charge in [0.1, 0.15) is 22.6 Å². The molecule has 0 fully saturated rings. The Kier molecular flexibility index (Phi) is 4.74. The lowest BCUT2D eigenvalue weighted by Gasteiger charge is -2.10. The average molecular weight is 429 g/mol. The summed E-state index contributed by atoms with van der Waals surface area (Å²) in [4.78, 5) is 29.0. The number of furan rings is 1. The smallest absolute Gasteiger partial charge is 0.359 e. The molecule has 3 aromatic heterocycles. The molecule has 0 bridgehead atoms. The van der Waals surface area contributed by atoms with Crippen LogP contribution >= 0.6 is 0 Å². The quantitative estimate of drug-likeness (QED) is 0.418. The van der Waals surface area contributed by atoms with Crippen molar-refractivity contribution < 1.29 is 23.5 Å². The molecule has 0 aliphatic rings. The first-order valence-electron chi connectivity index (χ1n) is 9.93. The molecule has 5 aromatic rings. The van der Waals surface area contributed by atoms with Crippen LogP contribution in [0.25, 0.3) is 27.6 Å². The van der Waals surface area contributed by atoms with Crippen molar-refractivity contribution >= 4 is 45.1 Å². The maximum Gasteiger partial charge on any atom is 0.359 e. The molecule has 0 aliphatic heterocycles. The summed E-state index contributed by atoms with van der Waals surface area (Å²) in [6, 6.07) is 14.9. The molecule has 0 spiro atoms. The summed E-state index contributed by atoms with van der Waals surface area (Å²) in [5.74, 6) is -0.715. The van der Waals surface area contributed by atoms with Gasteiger partial charge < -0.3 is 23.6 Å². The third-order valence-electron chi connectivity index (χ3n) is 5.13. The molecule has 160 valence electrons. The highest BCUT2D eigenvalue weighted by atomic mass is 16.5. The largest absolute Gasteiger partial charge is 0.495 e. The molecule has 0 aliphatic carbocycles. The Bertz CT molecular complexity index is 1500. The Hall–Kier alpha value is -4.33. The van der Waals surface area contributed by atoms with Gasteiger partial charge in [-0.3, -0.25) is 4.79 Å². The van der Waals surface area contributed by atoms with Gasteiger partial charge in [0.05, 0.1) is 12.8 Å². The van der Waals surface area contributed by atoms with E-state index in [0.717, 1.165) is 21.9 Å².